The normalized spacial score (nSPS) is 21.1. The molecule has 0 bridgehead atoms. The van der Waals surface area contributed by atoms with Gasteiger partial charge in [0.1, 0.15) is 0 Å². The molecule has 1 aromatic rings. The summed E-state index contributed by atoms with van der Waals surface area (Å²) in [5, 5.41) is 9.13. The number of rotatable bonds is 9. The molecule has 0 amide bonds. The molecule has 1 aromatic heterocycles. The first-order valence-corrected chi connectivity index (χ1v) is 10.8. The molecule has 0 radical (unpaired) electrons. The van der Waals surface area contributed by atoms with Crippen LogP contribution in [-0.2, 0) is 4.74 Å². The number of aliphatic imine (C=N–C) groups is 1. The lowest BCUT2D eigenvalue weighted by molar-refractivity contribution is 0.108. The van der Waals surface area contributed by atoms with E-state index in [9.17, 15) is 0 Å². The van der Waals surface area contributed by atoms with Gasteiger partial charge < -0.3 is 15.4 Å². The van der Waals surface area contributed by atoms with E-state index in [4.69, 9.17) is 4.74 Å². The van der Waals surface area contributed by atoms with E-state index in [1.807, 2.05) is 18.4 Å². The molecule has 156 valence electrons. The van der Waals surface area contributed by atoms with E-state index in [0.717, 1.165) is 38.7 Å². The van der Waals surface area contributed by atoms with Crippen LogP contribution in [0.25, 0.3) is 0 Å². The van der Waals surface area contributed by atoms with E-state index in [2.05, 4.69) is 58.9 Å². The third-order valence-corrected chi connectivity index (χ3v) is 5.75. The van der Waals surface area contributed by atoms with Crippen molar-refractivity contribution < 1.29 is 4.74 Å². The van der Waals surface area contributed by atoms with Crippen molar-refractivity contribution in [3.8, 4) is 0 Å². The minimum atomic E-state index is 0. The number of nitrogens with one attached hydrogen (secondary N) is 2. The predicted octanol–water partition coefficient (Wildman–Crippen LogP) is 3.98. The Bertz CT molecular complexity index is 524. The van der Waals surface area contributed by atoms with Crippen LogP contribution < -0.4 is 10.6 Å². The zero-order valence-electron chi connectivity index (χ0n) is 17.2. The van der Waals surface area contributed by atoms with Crippen LogP contribution in [0.2, 0.25) is 0 Å². The van der Waals surface area contributed by atoms with E-state index in [1.165, 1.54) is 24.3 Å². The zero-order valence-corrected chi connectivity index (χ0v) is 20.4. The Hall–Kier alpha value is -0.380. The Kier molecular flexibility index (Phi) is 12.5. The van der Waals surface area contributed by atoms with Crippen LogP contribution in [0.15, 0.2) is 22.5 Å². The fourth-order valence-electron chi connectivity index (χ4n) is 3.53. The maximum absolute atomic E-state index is 5.63. The zero-order chi connectivity index (χ0) is 18.8. The molecule has 2 rings (SSSR count). The summed E-state index contributed by atoms with van der Waals surface area (Å²) in [6, 6.07) is 4.95. The molecule has 2 heterocycles. The predicted molar refractivity (Wildman–Crippen MR) is 127 cm³/mol. The fourth-order valence-corrected chi connectivity index (χ4v) is 4.51. The highest BCUT2D eigenvalue weighted by atomic mass is 127. The molecular formula is C20H37IN4OS. The average molecular weight is 509 g/mol. The van der Waals surface area contributed by atoms with Crippen LogP contribution in [-0.4, -0.2) is 57.8 Å². The lowest BCUT2D eigenvalue weighted by atomic mass is 9.88. The maximum atomic E-state index is 5.63. The number of piperidine rings is 1. The molecule has 2 unspecified atom stereocenters. The molecule has 0 spiro atoms. The highest BCUT2D eigenvalue weighted by Gasteiger charge is 2.31. The quantitative estimate of drug-likeness (QED) is 0.229. The van der Waals surface area contributed by atoms with Crippen molar-refractivity contribution in [1.29, 1.82) is 0 Å². The molecule has 27 heavy (non-hydrogen) atoms. The van der Waals surface area contributed by atoms with Crippen LogP contribution in [0.3, 0.4) is 0 Å². The van der Waals surface area contributed by atoms with Crippen molar-refractivity contribution in [2.24, 2.45) is 16.8 Å². The smallest absolute Gasteiger partial charge is 0.190 e. The Morgan fingerprint density at radius 1 is 1.41 bits per heavy atom. The first kappa shape index (κ1) is 24.7. The summed E-state index contributed by atoms with van der Waals surface area (Å²) in [6.07, 6.45) is 3.53. The van der Waals surface area contributed by atoms with Crippen LogP contribution in [0.5, 0.6) is 0 Å². The number of guanidine groups is 1. The molecule has 0 saturated carbocycles. The molecule has 1 aliphatic heterocycles. The highest BCUT2D eigenvalue weighted by Crippen LogP contribution is 2.36. The number of nitrogens with zero attached hydrogens (tertiary/aromatic N) is 2. The molecule has 1 saturated heterocycles. The van der Waals surface area contributed by atoms with Crippen molar-refractivity contribution in [2.75, 3.05) is 46.9 Å². The number of likely N-dealkylation sites (tertiary alicyclic amines) is 1. The summed E-state index contributed by atoms with van der Waals surface area (Å²) in [6.45, 7) is 9.02. The molecule has 2 atom stereocenters. The van der Waals surface area contributed by atoms with Gasteiger partial charge in [-0.3, -0.25) is 9.89 Å². The fraction of sp³-hybridized carbons (Fsp3) is 0.750. The topological polar surface area (TPSA) is 48.9 Å². The van der Waals surface area contributed by atoms with Crippen LogP contribution >= 0.6 is 35.3 Å². The van der Waals surface area contributed by atoms with Gasteiger partial charge in [-0.1, -0.05) is 19.9 Å². The molecule has 5 nitrogen and oxygen atoms in total. The van der Waals surface area contributed by atoms with E-state index < -0.39 is 0 Å². The molecule has 0 aliphatic carbocycles. The second-order valence-electron chi connectivity index (χ2n) is 7.55. The van der Waals surface area contributed by atoms with E-state index in [1.54, 1.807) is 0 Å². The lowest BCUT2D eigenvalue weighted by Crippen LogP contribution is -2.45. The van der Waals surface area contributed by atoms with Crippen LogP contribution in [0.1, 0.15) is 44.0 Å². The molecule has 1 fully saturated rings. The van der Waals surface area contributed by atoms with Crippen LogP contribution in [0.4, 0.5) is 0 Å². The van der Waals surface area contributed by atoms with Crippen molar-refractivity contribution in [3.05, 3.63) is 22.4 Å². The third-order valence-electron chi connectivity index (χ3n) is 4.81. The minimum absolute atomic E-state index is 0. The van der Waals surface area contributed by atoms with Gasteiger partial charge in [-0.15, -0.1) is 35.3 Å². The van der Waals surface area contributed by atoms with Gasteiger partial charge in [0.25, 0.3) is 0 Å². The second kappa shape index (κ2) is 13.7. The molecule has 7 heteroatoms. The Morgan fingerprint density at radius 2 is 2.22 bits per heavy atom. The lowest BCUT2D eigenvalue weighted by Gasteiger charge is -2.39. The van der Waals surface area contributed by atoms with Crippen molar-refractivity contribution in [1.82, 2.24) is 15.5 Å². The number of hydrogen-bond donors (Lipinski definition) is 2. The van der Waals surface area contributed by atoms with E-state index in [0.29, 0.717) is 17.9 Å². The van der Waals surface area contributed by atoms with Crippen molar-refractivity contribution in [3.63, 3.8) is 0 Å². The van der Waals surface area contributed by atoms with Gasteiger partial charge in [-0.05, 0) is 56.1 Å². The maximum Gasteiger partial charge on any atom is 0.190 e. The van der Waals surface area contributed by atoms with E-state index >= 15 is 0 Å². The van der Waals surface area contributed by atoms with Crippen LogP contribution in [0, 0.1) is 11.8 Å². The van der Waals surface area contributed by atoms with E-state index in [-0.39, 0.29) is 24.0 Å². The average Bonchev–Trinajstić information content (AvgIpc) is 3.14. The Labute approximate surface area is 186 Å². The van der Waals surface area contributed by atoms with Gasteiger partial charge in [-0.25, -0.2) is 0 Å². The first-order valence-electron chi connectivity index (χ1n) is 9.87. The largest absolute Gasteiger partial charge is 0.381 e. The highest BCUT2D eigenvalue weighted by molar-refractivity contribution is 14.0. The number of ether oxygens (including phenoxy) is 1. The summed E-state index contributed by atoms with van der Waals surface area (Å²) in [4.78, 5) is 8.35. The summed E-state index contributed by atoms with van der Waals surface area (Å²) in [5.74, 6) is 2.11. The molecule has 2 N–H and O–H groups in total. The van der Waals surface area contributed by atoms with Gasteiger partial charge in [0.15, 0.2) is 5.96 Å². The van der Waals surface area contributed by atoms with Crippen molar-refractivity contribution in [2.45, 2.75) is 39.2 Å². The van der Waals surface area contributed by atoms with Gasteiger partial charge in [0, 0.05) is 44.3 Å². The van der Waals surface area contributed by atoms with Crippen molar-refractivity contribution >= 4 is 41.3 Å². The molecular weight excluding hydrogens is 471 g/mol. The number of halogens is 1. The second-order valence-corrected chi connectivity index (χ2v) is 8.52. The molecule has 0 aromatic carbocycles. The monoisotopic (exact) mass is 508 g/mol. The van der Waals surface area contributed by atoms with Gasteiger partial charge in [0.2, 0.25) is 0 Å². The summed E-state index contributed by atoms with van der Waals surface area (Å²) >= 11 is 1.87. The van der Waals surface area contributed by atoms with Gasteiger partial charge >= 0.3 is 0 Å². The molecule has 1 aliphatic rings. The minimum Gasteiger partial charge on any atom is -0.381 e. The standard InChI is InChI=1S/C20H36N4OS.HI/c1-16(2)15-25-12-7-10-22-20(21-3)23-14-17-8-5-11-24(4)19(17)18-9-6-13-26-18;/h6,9,13,16-17,19H,5,7-8,10-12,14-15H2,1-4H3,(H2,21,22,23);1H. The summed E-state index contributed by atoms with van der Waals surface area (Å²) in [5.41, 5.74) is 0. The first-order chi connectivity index (χ1) is 12.6. The Morgan fingerprint density at radius 3 is 2.89 bits per heavy atom. The van der Waals surface area contributed by atoms with Gasteiger partial charge in [0.05, 0.1) is 0 Å². The Balaban J connectivity index is 0.00000364. The number of thiophene rings is 1. The summed E-state index contributed by atoms with van der Waals surface area (Å²) in [7, 11) is 4.09. The van der Waals surface area contributed by atoms with Gasteiger partial charge in [-0.2, -0.15) is 0 Å². The third kappa shape index (κ3) is 8.66. The summed E-state index contributed by atoms with van der Waals surface area (Å²) < 4.78 is 5.63. The number of hydrogen-bond acceptors (Lipinski definition) is 4. The SMILES string of the molecule is CN=C(NCCCOCC(C)C)NCC1CCCN(C)C1c1cccs1.I.